The van der Waals surface area contributed by atoms with E-state index < -0.39 is 0 Å². The molecule has 1 aliphatic heterocycles. The molecule has 1 saturated heterocycles. The van der Waals surface area contributed by atoms with Gasteiger partial charge in [0.2, 0.25) is 0 Å². The normalized spacial score (nSPS) is 14.4. The van der Waals surface area contributed by atoms with Crippen LogP contribution in [0.15, 0.2) is 78.9 Å². The van der Waals surface area contributed by atoms with E-state index in [1.165, 1.54) is 4.70 Å². The smallest absolute Gasteiger partial charge is 0.255 e. The van der Waals surface area contributed by atoms with Crippen LogP contribution in [-0.2, 0) is 0 Å². The number of rotatable bonds is 7. The van der Waals surface area contributed by atoms with Crippen LogP contribution in [0.25, 0.3) is 10.2 Å². The Morgan fingerprint density at radius 3 is 2.45 bits per heavy atom. The Labute approximate surface area is 197 Å². The van der Waals surface area contributed by atoms with Crippen LogP contribution >= 0.6 is 11.3 Å². The molecule has 1 aromatic heterocycles. The van der Waals surface area contributed by atoms with E-state index in [1.54, 1.807) is 17.4 Å². The Morgan fingerprint density at radius 1 is 0.909 bits per heavy atom. The number of fused-ring (bicyclic) bond motifs is 1. The lowest BCUT2D eigenvalue weighted by Gasteiger charge is -2.34. The van der Waals surface area contributed by atoms with E-state index >= 15 is 0 Å². The van der Waals surface area contributed by atoms with Crippen molar-refractivity contribution in [1.82, 2.24) is 15.2 Å². The maximum atomic E-state index is 12.8. The second-order valence-corrected chi connectivity index (χ2v) is 8.97. The molecule has 7 heteroatoms. The fraction of sp³-hybridized carbons (Fsp3) is 0.231. The number of aromatic nitrogens is 1. The van der Waals surface area contributed by atoms with Gasteiger partial charge in [-0.05, 0) is 36.4 Å². The van der Waals surface area contributed by atoms with E-state index in [0.29, 0.717) is 23.6 Å². The first kappa shape index (κ1) is 21.4. The van der Waals surface area contributed by atoms with E-state index in [0.717, 1.165) is 43.4 Å². The van der Waals surface area contributed by atoms with Gasteiger partial charge in [-0.15, -0.1) is 0 Å². The van der Waals surface area contributed by atoms with Crippen molar-refractivity contribution in [2.24, 2.45) is 0 Å². The molecule has 33 heavy (non-hydrogen) atoms. The molecule has 1 N–H and O–H groups in total. The zero-order valence-corrected chi connectivity index (χ0v) is 19.1. The van der Waals surface area contributed by atoms with Crippen molar-refractivity contribution in [3.05, 3.63) is 84.4 Å². The lowest BCUT2D eigenvalue weighted by molar-refractivity contribution is 0.0945. The first-order chi connectivity index (χ1) is 16.3. The Bertz CT molecular complexity index is 1190. The average Bonchev–Trinajstić information content (AvgIpc) is 3.30. The van der Waals surface area contributed by atoms with E-state index in [2.05, 4.69) is 33.3 Å². The molecule has 4 aromatic rings. The minimum Gasteiger partial charge on any atom is -0.457 e. The third-order valence-electron chi connectivity index (χ3n) is 5.74. The molecule has 1 aliphatic rings. The third-order valence-corrected chi connectivity index (χ3v) is 6.84. The van der Waals surface area contributed by atoms with Crippen molar-refractivity contribution in [3.63, 3.8) is 0 Å². The molecule has 2 heterocycles. The number of anilines is 1. The lowest BCUT2D eigenvalue weighted by atomic mass is 10.2. The van der Waals surface area contributed by atoms with Gasteiger partial charge in [-0.25, -0.2) is 4.98 Å². The summed E-state index contributed by atoms with van der Waals surface area (Å²) in [5.41, 5.74) is 1.61. The molecule has 0 aliphatic carbocycles. The Morgan fingerprint density at radius 2 is 1.64 bits per heavy atom. The highest BCUT2D eigenvalue weighted by atomic mass is 32.1. The SMILES string of the molecule is O=C(NCCN1CCN(c2nc3ccccc3s2)CC1)c1ccccc1Oc1ccccc1. The highest BCUT2D eigenvalue weighted by Gasteiger charge is 2.20. The van der Waals surface area contributed by atoms with Crippen LogP contribution in [-0.4, -0.2) is 55.1 Å². The van der Waals surface area contributed by atoms with E-state index in [9.17, 15) is 4.79 Å². The number of hydrogen-bond donors (Lipinski definition) is 1. The van der Waals surface area contributed by atoms with Crippen molar-refractivity contribution in [3.8, 4) is 11.5 Å². The minimum atomic E-state index is -0.116. The Hall–Kier alpha value is -3.42. The molecule has 5 rings (SSSR count). The molecule has 6 nitrogen and oxygen atoms in total. The molecule has 0 spiro atoms. The maximum absolute atomic E-state index is 12.8. The number of carbonyl (C=O) groups is 1. The van der Waals surface area contributed by atoms with Gasteiger partial charge in [0, 0.05) is 39.3 Å². The molecule has 1 amide bonds. The maximum Gasteiger partial charge on any atom is 0.255 e. The monoisotopic (exact) mass is 458 g/mol. The zero-order valence-electron chi connectivity index (χ0n) is 18.3. The summed E-state index contributed by atoms with van der Waals surface area (Å²) >= 11 is 1.75. The predicted octanol–water partition coefficient (Wildman–Crippen LogP) is 4.64. The number of benzene rings is 3. The number of piperazine rings is 1. The van der Waals surface area contributed by atoms with Crippen LogP contribution in [0.5, 0.6) is 11.5 Å². The van der Waals surface area contributed by atoms with Crippen LogP contribution in [0.3, 0.4) is 0 Å². The summed E-state index contributed by atoms with van der Waals surface area (Å²) in [6, 6.07) is 25.1. The fourth-order valence-electron chi connectivity index (χ4n) is 3.94. The van der Waals surface area contributed by atoms with Gasteiger partial charge < -0.3 is 15.0 Å². The Balaban J connectivity index is 1.11. The third kappa shape index (κ3) is 5.16. The number of para-hydroxylation sites is 3. The number of amides is 1. The summed E-state index contributed by atoms with van der Waals surface area (Å²) in [6.07, 6.45) is 0. The fourth-order valence-corrected chi connectivity index (χ4v) is 4.96. The van der Waals surface area contributed by atoms with Gasteiger partial charge in [0.05, 0.1) is 15.8 Å². The number of carbonyl (C=O) groups excluding carboxylic acids is 1. The van der Waals surface area contributed by atoms with E-state index in [-0.39, 0.29) is 5.91 Å². The van der Waals surface area contributed by atoms with Crippen molar-refractivity contribution in [2.75, 3.05) is 44.2 Å². The summed E-state index contributed by atoms with van der Waals surface area (Å²) in [7, 11) is 0. The van der Waals surface area contributed by atoms with Crippen LogP contribution in [0.1, 0.15) is 10.4 Å². The number of hydrogen-bond acceptors (Lipinski definition) is 6. The molecule has 0 atom stereocenters. The average molecular weight is 459 g/mol. The molecular formula is C26H26N4O2S. The predicted molar refractivity (Wildman–Crippen MR) is 134 cm³/mol. The van der Waals surface area contributed by atoms with Gasteiger partial charge in [0.15, 0.2) is 5.13 Å². The Kier molecular flexibility index (Phi) is 6.51. The van der Waals surface area contributed by atoms with Crippen LogP contribution in [0, 0.1) is 0 Å². The summed E-state index contributed by atoms with van der Waals surface area (Å²) in [5.74, 6) is 1.16. The molecule has 1 fully saturated rings. The standard InChI is InChI=1S/C26H26N4O2S/c31-25(21-10-4-6-12-23(21)32-20-8-2-1-3-9-20)27-14-15-29-16-18-30(19-17-29)26-28-22-11-5-7-13-24(22)33-26/h1-13H,14-19H2,(H,27,31). The molecule has 0 radical (unpaired) electrons. The van der Waals surface area contributed by atoms with Gasteiger partial charge in [0.25, 0.3) is 5.91 Å². The van der Waals surface area contributed by atoms with Crippen LogP contribution < -0.4 is 15.0 Å². The lowest BCUT2D eigenvalue weighted by Crippen LogP contribution is -2.48. The van der Waals surface area contributed by atoms with Crippen molar-refractivity contribution < 1.29 is 9.53 Å². The van der Waals surface area contributed by atoms with Gasteiger partial charge in [-0.3, -0.25) is 9.69 Å². The summed E-state index contributed by atoms with van der Waals surface area (Å²) in [4.78, 5) is 22.3. The second kappa shape index (κ2) is 10.0. The molecular weight excluding hydrogens is 432 g/mol. The van der Waals surface area contributed by atoms with E-state index in [4.69, 9.17) is 9.72 Å². The summed E-state index contributed by atoms with van der Waals surface area (Å²) < 4.78 is 7.15. The number of nitrogens with one attached hydrogen (secondary N) is 1. The largest absolute Gasteiger partial charge is 0.457 e. The summed E-state index contributed by atoms with van der Waals surface area (Å²) in [6.45, 7) is 5.23. The molecule has 0 bridgehead atoms. The molecule has 168 valence electrons. The highest BCUT2D eigenvalue weighted by Crippen LogP contribution is 2.29. The van der Waals surface area contributed by atoms with Gasteiger partial charge >= 0.3 is 0 Å². The molecule has 0 unspecified atom stereocenters. The zero-order chi connectivity index (χ0) is 22.5. The topological polar surface area (TPSA) is 57.7 Å². The van der Waals surface area contributed by atoms with Crippen molar-refractivity contribution in [1.29, 1.82) is 0 Å². The first-order valence-corrected chi connectivity index (χ1v) is 12.0. The number of thiazole rings is 1. The highest BCUT2D eigenvalue weighted by molar-refractivity contribution is 7.22. The first-order valence-electron chi connectivity index (χ1n) is 11.2. The van der Waals surface area contributed by atoms with Crippen molar-refractivity contribution >= 4 is 32.6 Å². The van der Waals surface area contributed by atoms with Crippen LogP contribution in [0.2, 0.25) is 0 Å². The summed E-state index contributed by atoms with van der Waals surface area (Å²) in [5, 5.41) is 4.15. The van der Waals surface area contributed by atoms with Gasteiger partial charge in [-0.2, -0.15) is 0 Å². The van der Waals surface area contributed by atoms with Crippen LogP contribution in [0.4, 0.5) is 5.13 Å². The number of ether oxygens (including phenoxy) is 1. The number of nitrogens with zero attached hydrogens (tertiary/aromatic N) is 3. The molecule has 3 aromatic carbocycles. The molecule has 0 saturated carbocycles. The quantitative estimate of drug-likeness (QED) is 0.437. The van der Waals surface area contributed by atoms with E-state index in [1.807, 2.05) is 54.6 Å². The minimum absolute atomic E-state index is 0.116. The van der Waals surface area contributed by atoms with Gasteiger partial charge in [-0.1, -0.05) is 53.8 Å². The second-order valence-electron chi connectivity index (χ2n) is 7.96. The van der Waals surface area contributed by atoms with Crippen molar-refractivity contribution in [2.45, 2.75) is 0 Å². The van der Waals surface area contributed by atoms with Gasteiger partial charge in [0.1, 0.15) is 11.5 Å².